The van der Waals surface area contributed by atoms with Crippen molar-refractivity contribution in [2.45, 2.75) is 37.3 Å². The Morgan fingerprint density at radius 3 is 2.27 bits per heavy atom. The van der Waals surface area contributed by atoms with E-state index in [0.29, 0.717) is 17.7 Å². The molecule has 1 aromatic heterocycles. The van der Waals surface area contributed by atoms with Gasteiger partial charge in [0.05, 0.1) is 20.1 Å². The van der Waals surface area contributed by atoms with Crippen molar-refractivity contribution in [3.63, 3.8) is 0 Å². The summed E-state index contributed by atoms with van der Waals surface area (Å²) in [7, 11) is 2.25. The van der Waals surface area contributed by atoms with E-state index in [2.05, 4.69) is 18.1 Å². The number of quaternary nitrogens is 1. The second kappa shape index (κ2) is 10.3. The molecule has 1 saturated heterocycles. The maximum absolute atomic E-state index is 13.3. The third-order valence-corrected chi connectivity index (χ3v) is 7.00. The van der Waals surface area contributed by atoms with Crippen LogP contribution in [0.4, 0.5) is 0 Å². The number of ether oxygens (including phenoxy) is 1. The number of likely N-dealkylation sites (tertiary alicyclic amines) is 1. The van der Waals surface area contributed by atoms with E-state index in [1.807, 2.05) is 54.7 Å². The summed E-state index contributed by atoms with van der Waals surface area (Å²) in [6.45, 7) is 2.40. The van der Waals surface area contributed by atoms with Crippen LogP contribution in [0.5, 0.6) is 0 Å². The fraction of sp³-hybridized carbons (Fsp3) is 0.357. The van der Waals surface area contributed by atoms with Crippen molar-refractivity contribution in [2.24, 2.45) is 0 Å². The van der Waals surface area contributed by atoms with Crippen LogP contribution in [0.25, 0.3) is 0 Å². The summed E-state index contributed by atoms with van der Waals surface area (Å²) in [4.78, 5) is 17.8. The number of carbonyl (C=O) groups is 1. The molecule has 2 unspecified atom stereocenters. The van der Waals surface area contributed by atoms with Crippen LogP contribution in [0.3, 0.4) is 0 Å². The minimum atomic E-state index is -1.83. The molecule has 5 nitrogen and oxygen atoms in total. The SMILES string of the molecule is C[N+]1(CCCc2ccccn2)CCCC1COC(=O)C(O)(c1ccccc1)c1ccccc1. The van der Waals surface area contributed by atoms with Crippen LogP contribution in [0, 0.1) is 0 Å². The van der Waals surface area contributed by atoms with Crippen LogP contribution in [0.1, 0.15) is 36.1 Å². The third kappa shape index (κ3) is 5.15. The van der Waals surface area contributed by atoms with Crippen molar-refractivity contribution in [2.75, 3.05) is 26.7 Å². The predicted octanol–water partition coefficient (Wildman–Crippen LogP) is 4.10. The highest BCUT2D eigenvalue weighted by molar-refractivity contribution is 5.85. The van der Waals surface area contributed by atoms with Gasteiger partial charge in [0.2, 0.25) is 5.60 Å². The zero-order valence-electron chi connectivity index (χ0n) is 19.3. The lowest BCUT2D eigenvalue weighted by Gasteiger charge is -2.36. The molecule has 1 aliphatic rings. The Morgan fingerprint density at radius 1 is 1.03 bits per heavy atom. The zero-order chi connectivity index (χ0) is 23.2. The van der Waals surface area contributed by atoms with Crippen LogP contribution >= 0.6 is 0 Å². The van der Waals surface area contributed by atoms with Gasteiger partial charge in [0, 0.05) is 31.2 Å². The summed E-state index contributed by atoms with van der Waals surface area (Å²) in [5.74, 6) is -0.619. The van der Waals surface area contributed by atoms with E-state index in [0.717, 1.165) is 48.9 Å². The molecule has 1 fully saturated rings. The monoisotopic (exact) mass is 445 g/mol. The summed E-state index contributed by atoms with van der Waals surface area (Å²) < 4.78 is 6.73. The molecule has 172 valence electrons. The number of hydrogen-bond donors (Lipinski definition) is 1. The number of likely N-dealkylation sites (N-methyl/N-ethyl adjacent to an activating group) is 1. The van der Waals surface area contributed by atoms with Crippen LogP contribution in [0.15, 0.2) is 85.1 Å². The number of esters is 1. The van der Waals surface area contributed by atoms with Crippen LogP contribution in [0.2, 0.25) is 0 Å². The molecule has 0 radical (unpaired) electrons. The lowest BCUT2D eigenvalue weighted by Crippen LogP contribution is -2.51. The minimum Gasteiger partial charge on any atom is -0.457 e. The molecule has 4 rings (SSSR count). The quantitative estimate of drug-likeness (QED) is 0.398. The molecular weight excluding hydrogens is 412 g/mol. The van der Waals surface area contributed by atoms with E-state index >= 15 is 0 Å². The normalized spacial score (nSPS) is 20.5. The average Bonchev–Trinajstić information content (AvgIpc) is 3.23. The van der Waals surface area contributed by atoms with Gasteiger partial charge in [-0.05, 0) is 29.7 Å². The smallest absolute Gasteiger partial charge is 0.347 e. The van der Waals surface area contributed by atoms with E-state index in [1.165, 1.54) is 0 Å². The highest BCUT2D eigenvalue weighted by atomic mass is 16.6. The Balaban J connectivity index is 1.43. The Labute approximate surface area is 196 Å². The lowest BCUT2D eigenvalue weighted by molar-refractivity contribution is -0.921. The van der Waals surface area contributed by atoms with E-state index in [-0.39, 0.29) is 6.04 Å². The van der Waals surface area contributed by atoms with Gasteiger partial charge in [0.25, 0.3) is 0 Å². The minimum absolute atomic E-state index is 0.230. The molecule has 2 heterocycles. The Bertz CT molecular complexity index is 987. The fourth-order valence-corrected chi connectivity index (χ4v) is 4.94. The number of aryl methyl sites for hydroxylation is 1. The average molecular weight is 446 g/mol. The molecular formula is C28H33N2O3+. The Kier molecular flexibility index (Phi) is 7.21. The number of carbonyl (C=O) groups excluding carboxylic acids is 1. The van der Waals surface area contributed by atoms with Crippen molar-refractivity contribution in [1.29, 1.82) is 0 Å². The van der Waals surface area contributed by atoms with Gasteiger partial charge in [0.1, 0.15) is 12.6 Å². The predicted molar refractivity (Wildman–Crippen MR) is 128 cm³/mol. The van der Waals surface area contributed by atoms with Crippen LogP contribution in [-0.2, 0) is 21.6 Å². The van der Waals surface area contributed by atoms with Crippen molar-refractivity contribution < 1.29 is 19.1 Å². The van der Waals surface area contributed by atoms with E-state index < -0.39 is 11.6 Å². The largest absolute Gasteiger partial charge is 0.457 e. The maximum Gasteiger partial charge on any atom is 0.347 e. The van der Waals surface area contributed by atoms with Crippen molar-refractivity contribution in [3.05, 3.63) is 102 Å². The standard InChI is InChI=1S/C28H33N2O3/c1-30(20-10-17-25-16-8-9-19-29-25)21-11-18-26(30)22-33-27(31)28(32,23-12-4-2-5-13-23)24-14-6-3-7-15-24/h2-9,12-16,19,26,32H,10-11,17-18,20-22H2,1H3/q+1. The van der Waals surface area contributed by atoms with Gasteiger partial charge in [-0.1, -0.05) is 66.7 Å². The van der Waals surface area contributed by atoms with E-state index in [1.54, 1.807) is 24.3 Å². The topological polar surface area (TPSA) is 59.4 Å². The Morgan fingerprint density at radius 2 is 1.67 bits per heavy atom. The summed E-state index contributed by atoms with van der Waals surface area (Å²) in [6.07, 6.45) is 5.95. The number of hydrogen-bond acceptors (Lipinski definition) is 4. The highest BCUT2D eigenvalue weighted by Crippen LogP contribution is 2.32. The van der Waals surface area contributed by atoms with Crippen LogP contribution in [-0.4, -0.2) is 53.3 Å². The maximum atomic E-state index is 13.3. The van der Waals surface area contributed by atoms with Crippen molar-refractivity contribution in [1.82, 2.24) is 4.98 Å². The third-order valence-electron chi connectivity index (χ3n) is 7.00. The molecule has 2 atom stereocenters. The first-order chi connectivity index (χ1) is 16.0. The highest BCUT2D eigenvalue weighted by Gasteiger charge is 2.44. The number of aromatic nitrogens is 1. The summed E-state index contributed by atoms with van der Waals surface area (Å²) in [5.41, 5.74) is 0.311. The molecule has 0 amide bonds. The van der Waals surface area contributed by atoms with Gasteiger partial charge < -0.3 is 14.3 Å². The number of aliphatic hydroxyl groups is 1. The molecule has 0 aliphatic carbocycles. The molecule has 0 saturated carbocycles. The van der Waals surface area contributed by atoms with Crippen LogP contribution < -0.4 is 0 Å². The van der Waals surface area contributed by atoms with Gasteiger partial charge in [-0.2, -0.15) is 0 Å². The first kappa shape index (κ1) is 23.1. The van der Waals surface area contributed by atoms with Gasteiger partial charge in [0.15, 0.2) is 0 Å². The first-order valence-corrected chi connectivity index (χ1v) is 11.8. The molecule has 0 spiro atoms. The lowest BCUT2D eigenvalue weighted by atomic mass is 9.86. The molecule has 3 aromatic rings. The molecule has 0 bridgehead atoms. The van der Waals surface area contributed by atoms with Crippen molar-refractivity contribution in [3.8, 4) is 0 Å². The molecule has 5 heteroatoms. The summed E-state index contributed by atoms with van der Waals surface area (Å²) in [6, 6.07) is 24.3. The molecule has 2 aromatic carbocycles. The van der Waals surface area contributed by atoms with Gasteiger partial charge >= 0.3 is 5.97 Å². The molecule has 33 heavy (non-hydrogen) atoms. The number of pyridine rings is 1. The van der Waals surface area contributed by atoms with Gasteiger partial charge in [-0.15, -0.1) is 0 Å². The molecule has 1 N–H and O–H groups in total. The van der Waals surface area contributed by atoms with Crippen molar-refractivity contribution >= 4 is 5.97 Å². The second-order valence-electron chi connectivity index (χ2n) is 9.19. The number of nitrogens with zero attached hydrogens (tertiary/aromatic N) is 2. The van der Waals surface area contributed by atoms with Gasteiger partial charge in [-0.25, -0.2) is 4.79 Å². The van der Waals surface area contributed by atoms with Gasteiger partial charge in [-0.3, -0.25) is 4.98 Å². The zero-order valence-corrected chi connectivity index (χ0v) is 19.3. The van der Waals surface area contributed by atoms with E-state index in [9.17, 15) is 9.90 Å². The number of benzene rings is 2. The first-order valence-electron chi connectivity index (χ1n) is 11.8. The summed E-state index contributed by atoms with van der Waals surface area (Å²) in [5, 5.41) is 11.6. The number of rotatable bonds is 9. The molecule has 1 aliphatic heterocycles. The summed E-state index contributed by atoms with van der Waals surface area (Å²) >= 11 is 0. The fourth-order valence-electron chi connectivity index (χ4n) is 4.94. The second-order valence-corrected chi connectivity index (χ2v) is 9.19. The Hall–Kier alpha value is -3.02. The van der Waals surface area contributed by atoms with E-state index in [4.69, 9.17) is 4.74 Å².